The molecule has 1 atom stereocenters. The molecule has 3 aromatic carbocycles. The number of fused-ring (bicyclic) bond motifs is 1. The number of hydrogen-bond acceptors (Lipinski definition) is 11. The largest absolute Gasteiger partial charge is 0.488 e. The number of amides is 2. The summed E-state index contributed by atoms with van der Waals surface area (Å²) < 4.78 is 19.2. The van der Waals surface area contributed by atoms with Gasteiger partial charge in [0.1, 0.15) is 23.7 Å². The highest BCUT2D eigenvalue weighted by Crippen LogP contribution is 2.35. The molecule has 52 heavy (non-hydrogen) atoms. The minimum Gasteiger partial charge on any atom is -0.488 e. The van der Waals surface area contributed by atoms with E-state index in [0.717, 1.165) is 35.0 Å². The molecule has 1 fully saturated rings. The number of nitrogens with two attached hydrogens (primary N) is 2. The van der Waals surface area contributed by atoms with Crippen LogP contribution in [0.5, 0.6) is 5.75 Å². The van der Waals surface area contributed by atoms with E-state index in [2.05, 4.69) is 48.5 Å². The van der Waals surface area contributed by atoms with Gasteiger partial charge in [-0.05, 0) is 66.4 Å². The molecule has 4 heterocycles. The van der Waals surface area contributed by atoms with Crippen LogP contribution in [0.25, 0.3) is 39.1 Å². The van der Waals surface area contributed by atoms with Crippen LogP contribution in [0.3, 0.4) is 0 Å². The first-order chi connectivity index (χ1) is 25.4. The van der Waals surface area contributed by atoms with Gasteiger partial charge < -0.3 is 19.8 Å². The standard InChI is InChI=1S/C37H38FN9O4S/c38-30-20-27(6-9-32(30)50-18-19-51-39)34-29-21-28(7-8-31(29)44-45-34)43-36(49)37(52-40)12-17-46(23-37)22-33(48)47-15-10-25(11-16-47)24-2-4-26(5-3-24)35-41-13-1-14-42-35/h1-10,13-14,20-21H,11-12,15-19,22-23,39-40H2,(H,43,49)(H,44,45)/t37-/m0/s1. The number of aromatic nitrogens is 4. The average Bonchev–Trinajstić information content (AvgIpc) is 3.81. The van der Waals surface area contributed by atoms with E-state index in [1.807, 2.05) is 21.9 Å². The second-order valence-electron chi connectivity index (χ2n) is 12.7. The van der Waals surface area contributed by atoms with E-state index < -0.39 is 10.6 Å². The average molecular weight is 724 g/mol. The Balaban J connectivity index is 0.957. The van der Waals surface area contributed by atoms with Crippen molar-refractivity contribution in [1.82, 2.24) is 30.0 Å². The van der Waals surface area contributed by atoms with Gasteiger partial charge in [-0.3, -0.25) is 24.7 Å². The van der Waals surface area contributed by atoms with Gasteiger partial charge in [-0.25, -0.2) is 20.3 Å². The van der Waals surface area contributed by atoms with Crippen LogP contribution in [0.2, 0.25) is 0 Å². The second kappa shape index (κ2) is 15.6. The zero-order chi connectivity index (χ0) is 36.1. The second-order valence-corrected chi connectivity index (χ2v) is 13.7. The fraction of sp³-hybridized carbons (Fsp3) is 0.270. The van der Waals surface area contributed by atoms with Crippen molar-refractivity contribution in [2.75, 3.05) is 51.3 Å². The SMILES string of the molecule is NOCCOc1ccc(-c2n[nH]c3ccc(NC(=O)[C@]4(SN)CCN(CC(=O)N5CC=C(c6ccc(-c7ncccn7)cc6)CC5)C4)cc23)cc1F. The number of carbonyl (C=O) groups excluding carboxylic acids is 2. The van der Waals surface area contributed by atoms with Crippen molar-refractivity contribution >= 4 is 45.9 Å². The molecule has 1 saturated heterocycles. The Hall–Kier alpha value is -5.19. The Morgan fingerprint density at radius 1 is 1.00 bits per heavy atom. The molecule has 2 aromatic heterocycles. The van der Waals surface area contributed by atoms with Crippen molar-refractivity contribution in [2.45, 2.75) is 17.6 Å². The van der Waals surface area contributed by atoms with Gasteiger partial charge in [-0.2, -0.15) is 5.10 Å². The van der Waals surface area contributed by atoms with Crippen LogP contribution in [-0.2, 0) is 14.4 Å². The van der Waals surface area contributed by atoms with Crippen LogP contribution >= 0.6 is 11.9 Å². The smallest absolute Gasteiger partial charge is 0.243 e. The first-order valence-corrected chi connectivity index (χ1v) is 17.7. The molecule has 2 aliphatic heterocycles. The van der Waals surface area contributed by atoms with Gasteiger partial charge in [0.25, 0.3) is 0 Å². The molecule has 0 saturated carbocycles. The van der Waals surface area contributed by atoms with E-state index in [0.29, 0.717) is 60.8 Å². The Morgan fingerprint density at radius 2 is 1.79 bits per heavy atom. The van der Waals surface area contributed by atoms with Gasteiger partial charge in [-0.1, -0.05) is 42.3 Å². The van der Waals surface area contributed by atoms with Crippen molar-refractivity contribution in [2.24, 2.45) is 11.0 Å². The molecular weight excluding hydrogens is 686 g/mol. The van der Waals surface area contributed by atoms with E-state index >= 15 is 0 Å². The first kappa shape index (κ1) is 35.2. The molecule has 0 bridgehead atoms. The molecule has 0 aliphatic carbocycles. The zero-order valence-electron chi connectivity index (χ0n) is 28.3. The third kappa shape index (κ3) is 7.54. The van der Waals surface area contributed by atoms with Crippen LogP contribution < -0.4 is 21.1 Å². The molecule has 6 N–H and O–H groups in total. The molecule has 13 nitrogen and oxygen atoms in total. The van der Waals surface area contributed by atoms with Crippen LogP contribution in [-0.4, -0.2) is 92.5 Å². The summed E-state index contributed by atoms with van der Waals surface area (Å²) in [6, 6.07) is 19.9. The molecule has 268 valence electrons. The third-order valence-corrected chi connectivity index (χ3v) is 10.4. The number of nitrogens with zero attached hydrogens (tertiary/aromatic N) is 5. The summed E-state index contributed by atoms with van der Waals surface area (Å²) >= 11 is 1.00. The topological polar surface area (TPSA) is 178 Å². The quantitative estimate of drug-likeness (QED) is 0.0815. The Morgan fingerprint density at radius 3 is 2.52 bits per heavy atom. The highest BCUT2D eigenvalue weighted by atomic mass is 32.2. The van der Waals surface area contributed by atoms with E-state index in [1.165, 1.54) is 17.7 Å². The lowest BCUT2D eigenvalue weighted by Gasteiger charge is -2.29. The number of hydrogen-bond donors (Lipinski definition) is 4. The number of ether oxygens (including phenoxy) is 1. The number of rotatable bonds is 12. The molecule has 0 radical (unpaired) electrons. The lowest BCUT2D eigenvalue weighted by Crippen LogP contribution is -2.46. The normalized spacial score (nSPS) is 17.7. The summed E-state index contributed by atoms with van der Waals surface area (Å²) in [5.74, 6) is 4.98. The molecule has 0 spiro atoms. The van der Waals surface area contributed by atoms with E-state index in [4.69, 9.17) is 15.8 Å². The number of carbonyl (C=O) groups is 2. The van der Waals surface area contributed by atoms with E-state index in [9.17, 15) is 14.0 Å². The predicted octanol–water partition coefficient (Wildman–Crippen LogP) is 4.40. The van der Waals surface area contributed by atoms with Gasteiger partial charge in [-0.15, -0.1) is 0 Å². The third-order valence-electron chi connectivity index (χ3n) is 9.44. The monoisotopic (exact) mass is 723 g/mol. The number of likely N-dealkylation sites (tertiary alicyclic amines) is 1. The van der Waals surface area contributed by atoms with Gasteiger partial charge in [0.05, 0.1) is 12.1 Å². The predicted molar refractivity (Wildman–Crippen MR) is 198 cm³/mol. The highest BCUT2D eigenvalue weighted by Gasteiger charge is 2.45. The van der Waals surface area contributed by atoms with E-state index in [-0.39, 0.29) is 37.3 Å². The van der Waals surface area contributed by atoms with Crippen LogP contribution in [0.15, 0.2) is 85.2 Å². The summed E-state index contributed by atoms with van der Waals surface area (Å²) in [5.41, 5.74) is 5.59. The number of aromatic amines is 1. The van der Waals surface area contributed by atoms with Crippen molar-refractivity contribution < 1.29 is 23.6 Å². The number of anilines is 1. The Bertz CT molecular complexity index is 2100. The van der Waals surface area contributed by atoms with Crippen molar-refractivity contribution in [1.29, 1.82) is 0 Å². The van der Waals surface area contributed by atoms with Crippen molar-refractivity contribution in [3.63, 3.8) is 0 Å². The molecule has 0 unspecified atom stereocenters. The van der Waals surface area contributed by atoms with E-state index in [1.54, 1.807) is 42.7 Å². The highest BCUT2D eigenvalue weighted by molar-refractivity contribution is 7.99. The summed E-state index contributed by atoms with van der Waals surface area (Å²) in [6.45, 7) is 2.48. The summed E-state index contributed by atoms with van der Waals surface area (Å²) in [5, 5.41) is 17.2. The minimum atomic E-state index is -0.936. The molecular formula is C37H38FN9O4S. The molecule has 2 aliphatic rings. The molecule has 15 heteroatoms. The van der Waals surface area contributed by atoms with Crippen LogP contribution in [0.4, 0.5) is 10.1 Å². The lowest BCUT2D eigenvalue weighted by atomic mass is 9.98. The van der Waals surface area contributed by atoms with Gasteiger partial charge in [0.15, 0.2) is 17.4 Å². The summed E-state index contributed by atoms with van der Waals surface area (Å²) in [4.78, 5) is 44.0. The fourth-order valence-corrected chi connectivity index (χ4v) is 7.20. The van der Waals surface area contributed by atoms with Gasteiger partial charge >= 0.3 is 0 Å². The number of nitrogens with one attached hydrogen (secondary N) is 2. The Kier molecular flexibility index (Phi) is 10.6. The maximum atomic E-state index is 14.8. The lowest BCUT2D eigenvalue weighted by molar-refractivity contribution is -0.132. The first-order valence-electron chi connectivity index (χ1n) is 16.8. The summed E-state index contributed by atoms with van der Waals surface area (Å²) in [6.07, 6.45) is 6.80. The molecule has 5 aromatic rings. The number of halogens is 1. The van der Waals surface area contributed by atoms with Gasteiger partial charge in [0.2, 0.25) is 11.8 Å². The maximum Gasteiger partial charge on any atom is 0.243 e. The van der Waals surface area contributed by atoms with Crippen LogP contribution in [0, 0.1) is 5.82 Å². The summed E-state index contributed by atoms with van der Waals surface area (Å²) in [7, 11) is 0. The van der Waals surface area contributed by atoms with Crippen molar-refractivity contribution in [3.05, 3.63) is 96.6 Å². The fourth-order valence-electron chi connectivity index (χ4n) is 6.58. The number of H-pyrrole nitrogens is 1. The van der Waals surface area contributed by atoms with Crippen molar-refractivity contribution in [3.8, 4) is 28.4 Å². The zero-order valence-corrected chi connectivity index (χ0v) is 29.1. The minimum absolute atomic E-state index is 0.0173. The van der Waals surface area contributed by atoms with Gasteiger partial charge in [0, 0.05) is 60.8 Å². The molecule has 7 rings (SSSR count). The van der Waals surface area contributed by atoms with Crippen LogP contribution in [0.1, 0.15) is 18.4 Å². The molecule has 2 amide bonds. The Labute approximate surface area is 303 Å². The number of benzene rings is 3. The maximum absolute atomic E-state index is 14.8.